The fourth-order valence-corrected chi connectivity index (χ4v) is 3.63. The van der Waals surface area contributed by atoms with E-state index in [1.54, 1.807) is 23.1 Å². The molecule has 88 valence electrons. The second-order valence-corrected chi connectivity index (χ2v) is 6.78. The SMILES string of the molecule is CNC(C)(C#N)CC(C)Sc1nnc(C)s1. The van der Waals surface area contributed by atoms with Gasteiger partial charge in [0.25, 0.3) is 0 Å². The zero-order valence-corrected chi connectivity index (χ0v) is 11.6. The van der Waals surface area contributed by atoms with E-state index in [0.717, 1.165) is 15.8 Å². The van der Waals surface area contributed by atoms with Crippen LogP contribution in [-0.2, 0) is 0 Å². The lowest BCUT2D eigenvalue weighted by Crippen LogP contribution is -2.40. The summed E-state index contributed by atoms with van der Waals surface area (Å²) < 4.78 is 0.974. The molecule has 0 saturated carbocycles. The predicted molar refractivity (Wildman–Crippen MR) is 67.7 cm³/mol. The topological polar surface area (TPSA) is 61.6 Å². The molecule has 0 amide bonds. The van der Waals surface area contributed by atoms with E-state index in [2.05, 4.69) is 28.5 Å². The van der Waals surface area contributed by atoms with Gasteiger partial charge in [-0.25, -0.2) is 0 Å². The number of hydrogen-bond donors (Lipinski definition) is 1. The second kappa shape index (κ2) is 5.62. The highest BCUT2D eigenvalue weighted by atomic mass is 32.2. The van der Waals surface area contributed by atoms with Crippen LogP contribution in [0.4, 0.5) is 0 Å². The van der Waals surface area contributed by atoms with E-state index in [-0.39, 0.29) is 0 Å². The fourth-order valence-electron chi connectivity index (χ4n) is 1.32. The van der Waals surface area contributed by atoms with Crippen molar-refractivity contribution < 1.29 is 0 Å². The van der Waals surface area contributed by atoms with Gasteiger partial charge in [0.1, 0.15) is 10.5 Å². The molecule has 0 aliphatic rings. The Morgan fingerprint density at radius 3 is 2.75 bits per heavy atom. The fraction of sp³-hybridized carbons (Fsp3) is 0.700. The zero-order chi connectivity index (χ0) is 12.2. The summed E-state index contributed by atoms with van der Waals surface area (Å²) in [6, 6.07) is 2.29. The summed E-state index contributed by atoms with van der Waals surface area (Å²) in [4.78, 5) is 0. The van der Waals surface area contributed by atoms with Crippen LogP contribution < -0.4 is 5.32 Å². The second-order valence-electron chi connectivity index (χ2n) is 3.91. The van der Waals surface area contributed by atoms with Crippen LogP contribution in [0.2, 0.25) is 0 Å². The molecule has 16 heavy (non-hydrogen) atoms. The molecule has 0 aliphatic heterocycles. The lowest BCUT2D eigenvalue weighted by Gasteiger charge is -2.23. The van der Waals surface area contributed by atoms with E-state index < -0.39 is 5.54 Å². The van der Waals surface area contributed by atoms with Crippen LogP contribution in [0.1, 0.15) is 25.3 Å². The van der Waals surface area contributed by atoms with Crippen LogP contribution in [0.15, 0.2) is 4.34 Å². The van der Waals surface area contributed by atoms with Gasteiger partial charge in [-0.2, -0.15) is 5.26 Å². The Bertz CT molecular complexity index is 384. The van der Waals surface area contributed by atoms with Gasteiger partial charge in [-0.1, -0.05) is 30.0 Å². The van der Waals surface area contributed by atoms with Gasteiger partial charge >= 0.3 is 0 Å². The molecule has 1 N–H and O–H groups in total. The molecule has 1 heterocycles. The Hall–Kier alpha value is -0.640. The van der Waals surface area contributed by atoms with Crippen molar-refractivity contribution in [2.75, 3.05) is 7.05 Å². The highest BCUT2D eigenvalue weighted by molar-refractivity contribution is 8.01. The molecule has 0 radical (unpaired) electrons. The van der Waals surface area contributed by atoms with E-state index in [9.17, 15) is 0 Å². The number of hydrogen-bond acceptors (Lipinski definition) is 6. The van der Waals surface area contributed by atoms with E-state index in [1.807, 2.05) is 20.9 Å². The molecular weight excluding hydrogens is 240 g/mol. The third kappa shape index (κ3) is 3.74. The average Bonchev–Trinajstić information content (AvgIpc) is 2.63. The van der Waals surface area contributed by atoms with Crippen molar-refractivity contribution >= 4 is 23.1 Å². The minimum absolute atomic E-state index is 0.337. The molecule has 0 fully saturated rings. The van der Waals surface area contributed by atoms with Crippen molar-refractivity contribution in [1.29, 1.82) is 5.26 Å². The minimum atomic E-state index is -0.466. The van der Waals surface area contributed by atoms with E-state index in [0.29, 0.717) is 5.25 Å². The summed E-state index contributed by atoms with van der Waals surface area (Å²) in [5.41, 5.74) is -0.466. The average molecular weight is 256 g/mol. The van der Waals surface area contributed by atoms with Crippen LogP contribution in [0.3, 0.4) is 0 Å². The lowest BCUT2D eigenvalue weighted by molar-refractivity contribution is 0.455. The van der Waals surface area contributed by atoms with E-state index >= 15 is 0 Å². The van der Waals surface area contributed by atoms with E-state index in [4.69, 9.17) is 5.26 Å². The predicted octanol–water partition coefficient (Wildman–Crippen LogP) is 2.22. The number of nitrogens with one attached hydrogen (secondary N) is 1. The Morgan fingerprint density at radius 1 is 1.62 bits per heavy atom. The summed E-state index contributed by atoms with van der Waals surface area (Å²) in [5, 5.41) is 21.5. The lowest BCUT2D eigenvalue weighted by atomic mass is 9.98. The van der Waals surface area contributed by atoms with Crippen LogP contribution in [-0.4, -0.2) is 28.0 Å². The van der Waals surface area contributed by atoms with Gasteiger partial charge in [-0.05, 0) is 27.3 Å². The van der Waals surface area contributed by atoms with Crippen molar-refractivity contribution in [1.82, 2.24) is 15.5 Å². The van der Waals surface area contributed by atoms with Crippen LogP contribution in [0.5, 0.6) is 0 Å². The molecule has 0 aromatic carbocycles. The number of aromatic nitrogens is 2. The summed E-state index contributed by atoms with van der Waals surface area (Å²) in [6.07, 6.45) is 0.781. The molecule has 0 spiro atoms. The first-order valence-corrected chi connectivity index (χ1v) is 6.75. The third-order valence-corrected chi connectivity index (χ3v) is 4.33. The summed E-state index contributed by atoms with van der Waals surface area (Å²) in [7, 11) is 1.82. The Balaban J connectivity index is 2.54. The Kier molecular flexibility index (Phi) is 4.71. The standard InChI is InChI=1S/C10H16N4S2/c1-7(5-10(3,6-11)12-4)15-9-14-13-8(2)16-9/h7,12H,5H2,1-4H3. The maximum absolute atomic E-state index is 9.06. The Morgan fingerprint density at radius 2 is 2.31 bits per heavy atom. The van der Waals surface area contributed by atoms with Crippen molar-refractivity contribution in [3.8, 4) is 6.07 Å². The number of nitriles is 1. The Labute approximate surface area is 104 Å². The molecule has 0 saturated heterocycles. The summed E-state index contributed by atoms with van der Waals surface area (Å²) in [5.74, 6) is 0. The maximum atomic E-state index is 9.06. The van der Waals surface area contributed by atoms with Gasteiger partial charge in [-0.3, -0.25) is 0 Å². The van der Waals surface area contributed by atoms with Gasteiger partial charge in [0.2, 0.25) is 0 Å². The van der Waals surface area contributed by atoms with Gasteiger partial charge < -0.3 is 5.32 Å². The first kappa shape index (κ1) is 13.4. The summed E-state index contributed by atoms with van der Waals surface area (Å²) >= 11 is 3.27. The quantitative estimate of drug-likeness (QED) is 0.818. The number of nitrogens with zero attached hydrogens (tertiary/aromatic N) is 3. The van der Waals surface area contributed by atoms with Gasteiger partial charge in [0, 0.05) is 5.25 Å². The maximum Gasteiger partial charge on any atom is 0.174 e. The van der Waals surface area contributed by atoms with Crippen LogP contribution in [0, 0.1) is 18.3 Å². The van der Waals surface area contributed by atoms with Crippen LogP contribution >= 0.6 is 23.1 Å². The van der Waals surface area contributed by atoms with Gasteiger partial charge in [0.05, 0.1) is 6.07 Å². The molecule has 2 atom stereocenters. The van der Waals surface area contributed by atoms with Crippen molar-refractivity contribution in [3.05, 3.63) is 5.01 Å². The number of rotatable bonds is 5. The molecule has 0 bridgehead atoms. The van der Waals surface area contributed by atoms with Gasteiger partial charge in [-0.15, -0.1) is 10.2 Å². The third-order valence-electron chi connectivity index (χ3n) is 2.30. The van der Waals surface area contributed by atoms with E-state index in [1.165, 1.54) is 0 Å². The highest BCUT2D eigenvalue weighted by Gasteiger charge is 2.25. The van der Waals surface area contributed by atoms with Crippen molar-refractivity contribution in [3.63, 3.8) is 0 Å². The first-order valence-electron chi connectivity index (χ1n) is 5.06. The molecule has 0 aliphatic carbocycles. The molecule has 6 heteroatoms. The summed E-state index contributed by atoms with van der Waals surface area (Å²) in [6.45, 7) is 5.96. The van der Waals surface area contributed by atoms with Gasteiger partial charge in [0.15, 0.2) is 4.34 Å². The molecule has 1 aromatic rings. The molecule has 1 aromatic heterocycles. The van der Waals surface area contributed by atoms with Crippen molar-refractivity contribution in [2.45, 2.75) is 42.3 Å². The monoisotopic (exact) mass is 256 g/mol. The highest BCUT2D eigenvalue weighted by Crippen LogP contribution is 2.30. The minimum Gasteiger partial charge on any atom is -0.303 e. The molecule has 2 unspecified atom stereocenters. The first-order chi connectivity index (χ1) is 7.49. The molecular formula is C10H16N4S2. The van der Waals surface area contributed by atoms with Crippen molar-refractivity contribution in [2.24, 2.45) is 0 Å². The number of thioether (sulfide) groups is 1. The number of aryl methyl sites for hydroxylation is 1. The molecule has 1 rings (SSSR count). The smallest absolute Gasteiger partial charge is 0.174 e. The molecule has 4 nitrogen and oxygen atoms in total. The normalized spacial score (nSPS) is 16.4. The zero-order valence-electron chi connectivity index (χ0n) is 9.94. The van der Waals surface area contributed by atoms with Crippen LogP contribution in [0.25, 0.3) is 0 Å². The largest absolute Gasteiger partial charge is 0.303 e.